The van der Waals surface area contributed by atoms with Gasteiger partial charge in [0.05, 0.1) is 0 Å². The fraction of sp³-hybridized carbons (Fsp3) is 0.0769. The Balaban J connectivity index is 0.697. The minimum absolute atomic E-state index is 0.0757. The Labute approximate surface area is 585 Å². The molecule has 16 rings (SSSR count). The Morgan fingerprint density at radius 2 is 0.430 bits per heavy atom. The second-order valence-corrected chi connectivity index (χ2v) is 29.1. The van der Waals surface area contributed by atoms with Crippen LogP contribution in [0, 0.1) is 0 Å². The monoisotopic (exact) mass is 1600 g/mol. The van der Waals surface area contributed by atoms with Crippen molar-refractivity contribution < 1.29 is 14.2 Å². The van der Waals surface area contributed by atoms with E-state index in [0.29, 0.717) is 19.8 Å². The SMILES string of the molecule is Brc1ccc2[nH]cc(C(c3ccc(OCc4cc(COc5ccc(C(c6c[nH]c7ccc(Br)cc67)c6c[nH]c7ccc(Br)cc67)cc5)cc(COc5ccc(C(c6c[nH]c7ccc(Br)cc67)c6c[nH]c7ccc(Br)cc67)cc5)c4)cc3)c3c[nH]c4ccc(Br)cc34)c2c1. The number of halogens is 6. The van der Waals surface area contributed by atoms with Crippen LogP contribution in [0.5, 0.6) is 17.2 Å². The molecule has 0 radical (unpaired) electrons. The molecule has 0 saturated carbocycles. The summed E-state index contributed by atoms with van der Waals surface area (Å²) in [5.74, 6) is 2.06. The van der Waals surface area contributed by atoms with Crippen LogP contribution in [0.15, 0.2) is 264 Å². The molecule has 0 aliphatic carbocycles. The number of fused-ring (bicyclic) bond motifs is 6. The smallest absolute Gasteiger partial charge is 0.119 e. The third-order valence-electron chi connectivity index (χ3n) is 17.9. The molecule has 0 aliphatic heterocycles. The second kappa shape index (κ2) is 25.2. The number of nitrogens with one attached hydrogen (secondary N) is 6. The van der Waals surface area contributed by atoms with Gasteiger partial charge in [-0.3, -0.25) is 0 Å². The third kappa shape index (κ3) is 11.9. The maximum atomic E-state index is 6.72. The predicted molar refractivity (Wildman–Crippen MR) is 398 cm³/mol. The van der Waals surface area contributed by atoms with Gasteiger partial charge in [-0.1, -0.05) is 132 Å². The van der Waals surface area contributed by atoms with Gasteiger partial charge in [0.1, 0.15) is 37.1 Å². The lowest BCUT2D eigenvalue weighted by Gasteiger charge is -2.19. The molecule has 0 saturated heterocycles. The van der Waals surface area contributed by atoms with Crippen LogP contribution in [0.3, 0.4) is 0 Å². The van der Waals surface area contributed by atoms with Crippen molar-refractivity contribution in [2.24, 2.45) is 0 Å². The number of hydrogen-bond donors (Lipinski definition) is 6. The van der Waals surface area contributed by atoms with Crippen molar-refractivity contribution in [3.05, 3.63) is 331 Å². The Hall–Kier alpha value is -8.28. The summed E-state index contributed by atoms with van der Waals surface area (Å²) in [6.07, 6.45) is 12.9. The van der Waals surface area contributed by atoms with Gasteiger partial charge in [0.15, 0.2) is 0 Å². The fourth-order valence-electron chi connectivity index (χ4n) is 13.6. The first-order valence-electron chi connectivity index (χ1n) is 30.4. The highest BCUT2D eigenvalue weighted by Gasteiger charge is 2.28. The lowest BCUT2D eigenvalue weighted by molar-refractivity contribution is 0.293. The van der Waals surface area contributed by atoms with E-state index in [1.807, 2.05) is 0 Å². The summed E-state index contributed by atoms with van der Waals surface area (Å²) in [4.78, 5) is 21.3. The van der Waals surface area contributed by atoms with E-state index in [1.54, 1.807) is 0 Å². The van der Waals surface area contributed by atoms with Crippen LogP contribution in [-0.4, -0.2) is 29.9 Å². The topological polar surface area (TPSA) is 122 Å². The van der Waals surface area contributed by atoms with Gasteiger partial charge < -0.3 is 44.1 Å². The second-order valence-electron chi connectivity index (χ2n) is 23.6. The highest BCUT2D eigenvalue weighted by atomic mass is 79.9. The molecule has 93 heavy (non-hydrogen) atoms. The highest BCUT2D eigenvalue weighted by molar-refractivity contribution is 9.11. The lowest BCUT2D eigenvalue weighted by atomic mass is 9.85. The molecule has 0 bridgehead atoms. The van der Waals surface area contributed by atoms with Gasteiger partial charge in [-0.15, -0.1) is 0 Å². The van der Waals surface area contributed by atoms with Crippen molar-refractivity contribution in [1.82, 2.24) is 29.9 Å². The maximum Gasteiger partial charge on any atom is 0.119 e. The van der Waals surface area contributed by atoms with Gasteiger partial charge >= 0.3 is 0 Å². The first-order valence-corrected chi connectivity index (χ1v) is 35.1. The van der Waals surface area contributed by atoms with Gasteiger partial charge in [0.25, 0.3) is 0 Å². The van der Waals surface area contributed by atoms with Crippen molar-refractivity contribution in [3.63, 3.8) is 0 Å². The first-order chi connectivity index (χ1) is 45.5. The molecule has 0 atom stereocenters. The van der Waals surface area contributed by atoms with Gasteiger partial charge in [-0.2, -0.15) is 0 Å². The van der Waals surface area contributed by atoms with Crippen molar-refractivity contribution in [1.29, 1.82) is 0 Å². The van der Waals surface area contributed by atoms with Gasteiger partial charge in [-0.25, -0.2) is 0 Å². The summed E-state index contributed by atoms with van der Waals surface area (Å²) in [5.41, 5.74) is 20.0. The van der Waals surface area contributed by atoms with Gasteiger partial charge in [0, 0.05) is 147 Å². The molecule has 456 valence electrons. The third-order valence-corrected chi connectivity index (χ3v) is 20.8. The Morgan fingerprint density at radius 1 is 0.237 bits per heavy atom. The fourth-order valence-corrected chi connectivity index (χ4v) is 15.7. The zero-order chi connectivity index (χ0) is 62.8. The van der Waals surface area contributed by atoms with Gasteiger partial charge in [-0.05, 0) is 231 Å². The molecule has 0 fully saturated rings. The quantitative estimate of drug-likeness (QED) is 0.0513. The number of benzene rings is 10. The summed E-state index contributed by atoms with van der Waals surface area (Å²) >= 11 is 22.5. The van der Waals surface area contributed by atoms with E-state index in [0.717, 1.165) is 143 Å². The summed E-state index contributed by atoms with van der Waals surface area (Å²) < 4.78 is 26.3. The molecule has 6 N–H and O–H groups in total. The van der Waals surface area contributed by atoms with Crippen molar-refractivity contribution in [2.45, 2.75) is 37.6 Å². The number of rotatable bonds is 18. The molecule has 0 spiro atoms. The molecule has 6 heterocycles. The summed E-state index contributed by atoms with van der Waals surface area (Å²) in [5, 5.41) is 6.97. The van der Waals surface area contributed by atoms with E-state index in [1.165, 1.54) is 33.4 Å². The van der Waals surface area contributed by atoms with E-state index >= 15 is 0 Å². The average Bonchev–Trinajstić information content (AvgIpc) is 1.68. The molecule has 0 unspecified atom stereocenters. The molecule has 0 aliphatic rings. The minimum Gasteiger partial charge on any atom is -0.489 e. The summed E-state index contributed by atoms with van der Waals surface area (Å²) in [6, 6.07) is 70.5. The Morgan fingerprint density at radius 3 is 0.624 bits per heavy atom. The van der Waals surface area contributed by atoms with E-state index in [-0.39, 0.29) is 17.8 Å². The normalized spacial score (nSPS) is 12.0. The van der Waals surface area contributed by atoms with Crippen molar-refractivity contribution in [3.8, 4) is 17.2 Å². The maximum absolute atomic E-state index is 6.72. The van der Waals surface area contributed by atoms with E-state index in [2.05, 4.69) is 363 Å². The largest absolute Gasteiger partial charge is 0.489 e. The van der Waals surface area contributed by atoms with Crippen LogP contribution in [0.25, 0.3) is 65.4 Å². The van der Waals surface area contributed by atoms with Crippen LogP contribution in [-0.2, 0) is 19.8 Å². The lowest BCUT2D eigenvalue weighted by Crippen LogP contribution is -2.05. The van der Waals surface area contributed by atoms with Crippen molar-refractivity contribution in [2.75, 3.05) is 0 Å². The number of hydrogen-bond acceptors (Lipinski definition) is 3. The number of aromatic nitrogens is 6. The average molecular weight is 1600 g/mol. The molecule has 16 aromatic rings. The van der Waals surface area contributed by atoms with Gasteiger partial charge in [0.2, 0.25) is 0 Å². The Bertz CT molecular complexity index is 4680. The van der Waals surface area contributed by atoms with Crippen LogP contribution in [0.4, 0.5) is 0 Å². The zero-order valence-electron chi connectivity index (χ0n) is 49.4. The zero-order valence-corrected chi connectivity index (χ0v) is 58.9. The molecule has 10 aromatic carbocycles. The summed E-state index contributed by atoms with van der Waals surface area (Å²) in [6.45, 7) is 0.977. The summed E-state index contributed by atoms with van der Waals surface area (Å²) in [7, 11) is 0. The molecular formula is C78H54Br6N6O3. The minimum atomic E-state index is -0.0757. The van der Waals surface area contributed by atoms with E-state index < -0.39 is 0 Å². The standard InChI is InChI=1S/C78H54Br6N6O3/c79-49-7-19-70-58(28-49)64(34-85-70)76(65-35-86-71-20-8-50(80)29-59(65)71)46-1-13-55(14-2-46)91-40-43-25-44(41-92-56-15-3-47(4-16-56)77(66-36-87-72-21-9-51(81)30-60(66)72)67-37-88-73-22-10-52(82)31-61(67)73)27-45(26-43)42-93-57-17-5-48(6-18-57)78(68-38-89-74-23-11-53(83)32-62(68)74)69-39-90-75-24-12-54(84)33-63(69)75/h1-39,76-78,85-90H,40-42H2. The molecule has 15 heteroatoms. The molecule has 9 nitrogen and oxygen atoms in total. The Kier molecular flexibility index (Phi) is 16.2. The number of ether oxygens (including phenoxy) is 3. The van der Waals surface area contributed by atoms with Crippen LogP contribution >= 0.6 is 95.6 Å². The van der Waals surface area contributed by atoms with E-state index in [4.69, 9.17) is 14.2 Å². The van der Waals surface area contributed by atoms with E-state index in [9.17, 15) is 0 Å². The van der Waals surface area contributed by atoms with Crippen LogP contribution in [0.2, 0.25) is 0 Å². The molecular weight excluding hydrogens is 1550 g/mol. The first kappa shape index (κ1) is 59.7. The number of aromatic amines is 6. The van der Waals surface area contributed by atoms with Crippen LogP contribution in [0.1, 0.15) is 84.5 Å². The van der Waals surface area contributed by atoms with Crippen LogP contribution < -0.4 is 14.2 Å². The predicted octanol–water partition coefficient (Wildman–Crippen LogP) is 23.4. The van der Waals surface area contributed by atoms with Crippen molar-refractivity contribution >= 4 is 161 Å². The number of H-pyrrole nitrogens is 6. The molecule has 6 aromatic heterocycles. The molecule has 0 amide bonds. The highest BCUT2D eigenvalue weighted by Crippen LogP contribution is 2.45.